The Labute approximate surface area is 117 Å². The molecule has 1 aliphatic carbocycles. The first-order valence-corrected chi connectivity index (χ1v) is 7.63. The van der Waals surface area contributed by atoms with Crippen LogP contribution in [-0.4, -0.2) is 22.0 Å². The fraction of sp³-hybridized carbons (Fsp3) is 0.500. The molecule has 4 nitrogen and oxygen atoms in total. The Hall–Kier alpha value is -1.49. The van der Waals surface area contributed by atoms with Crippen molar-refractivity contribution in [3.8, 4) is 11.5 Å². The van der Waals surface area contributed by atoms with Crippen LogP contribution in [0.3, 0.4) is 0 Å². The molecule has 2 aromatic heterocycles. The van der Waals surface area contributed by atoms with E-state index < -0.39 is 0 Å². The van der Waals surface area contributed by atoms with Gasteiger partial charge in [-0.15, -0.1) is 11.3 Å². The summed E-state index contributed by atoms with van der Waals surface area (Å²) in [5.74, 6) is 2.23. The van der Waals surface area contributed by atoms with Gasteiger partial charge in [0.15, 0.2) is 5.82 Å². The van der Waals surface area contributed by atoms with Crippen molar-refractivity contribution in [1.29, 1.82) is 0 Å². The molecule has 0 radical (unpaired) electrons. The smallest absolute Gasteiger partial charge is 0.181 e. The van der Waals surface area contributed by atoms with E-state index in [0.717, 1.165) is 28.0 Å². The van der Waals surface area contributed by atoms with Crippen molar-refractivity contribution >= 4 is 17.2 Å². The molecule has 3 rings (SSSR count). The average Bonchev–Trinajstić information content (AvgIpc) is 3.09. The molecule has 0 aromatic carbocycles. The van der Waals surface area contributed by atoms with Crippen LogP contribution in [0, 0.1) is 6.92 Å². The highest BCUT2D eigenvalue weighted by Gasteiger charge is 2.20. The SMILES string of the molecule is CNc1cc(C2CCCC2)nc(-c2csc(C)n2)n1. The quantitative estimate of drug-likeness (QED) is 0.929. The first-order valence-electron chi connectivity index (χ1n) is 6.75. The molecule has 0 unspecified atom stereocenters. The molecular formula is C14H18N4S. The van der Waals surface area contributed by atoms with Crippen molar-refractivity contribution in [2.75, 3.05) is 12.4 Å². The van der Waals surface area contributed by atoms with E-state index in [1.54, 1.807) is 11.3 Å². The lowest BCUT2D eigenvalue weighted by atomic mass is 10.0. The van der Waals surface area contributed by atoms with Gasteiger partial charge in [-0.05, 0) is 19.8 Å². The summed E-state index contributed by atoms with van der Waals surface area (Å²) < 4.78 is 0. The van der Waals surface area contributed by atoms with E-state index in [9.17, 15) is 0 Å². The Kier molecular flexibility index (Phi) is 3.46. The number of hydrogen-bond acceptors (Lipinski definition) is 5. The molecule has 0 spiro atoms. The topological polar surface area (TPSA) is 50.7 Å². The molecule has 1 N–H and O–H groups in total. The van der Waals surface area contributed by atoms with Gasteiger partial charge in [0.1, 0.15) is 11.5 Å². The standard InChI is InChI=1S/C14H18N4S/c1-9-16-12(8-19-9)14-17-11(7-13(15-2)18-14)10-5-3-4-6-10/h7-8,10H,3-6H2,1-2H3,(H,15,17,18). The van der Waals surface area contributed by atoms with Crippen molar-refractivity contribution in [3.05, 3.63) is 22.1 Å². The second kappa shape index (κ2) is 5.25. The Bertz CT molecular complexity index is 573. The third-order valence-electron chi connectivity index (χ3n) is 3.62. The van der Waals surface area contributed by atoms with E-state index in [0.29, 0.717) is 5.92 Å². The van der Waals surface area contributed by atoms with E-state index in [1.165, 1.54) is 25.7 Å². The van der Waals surface area contributed by atoms with Crippen LogP contribution in [0.15, 0.2) is 11.4 Å². The molecule has 1 saturated carbocycles. The molecule has 2 heterocycles. The van der Waals surface area contributed by atoms with Gasteiger partial charge in [-0.2, -0.15) is 0 Å². The molecule has 5 heteroatoms. The lowest BCUT2D eigenvalue weighted by Gasteiger charge is -2.11. The summed E-state index contributed by atoms with van der Waals surface area (Å²) in [7, 11) is 1.90. The minimum absolute atomic E-state index is 0.591. The van der Waals surface area contributed by atoms with E-state index >= 15 is 0 Å². The number of hydrogen-bond donors (Lipinski definition) is 1. The zero-order valence-electron chi connectivity index (χ0n) is 11.3. The highest BCUT2D eigenvalue weighted by Crippen LogP contribution is 2.34. The number of nitrogens with one attached hydrogen (secondary N) is 1. The van der Waals surface area contributed by atoms with Gasteiger partial charge in [-0.25, -0.2) is 15.0 Å². The van der Waals surface area contributed by atoms with E-state index in [4.69, 9.17) is 4.98 Å². The fourth-order valence-corrected chi connectivity index (χ4v) is 3.20. The predicted molar refractivity (Wildman–Crippen MR) is 78.6 cm³/mol. The monoisotopic (exact) mass is 274 g/mol. The molecule has 19 heavy (non-hydrogen) atoms. The zero-order chi connectivity index (χ0) is 13.2. The molecule has 0 bridgehead atoms. The van der Waals surface area contributed by atoms with Crippen LogP contribution >= 0.6 is 11.3 Å². The number of aromatic nitrogens is 3. The summed E-state index contributed by atoms with van der Waals surface area (Å²) in [5, 5.41) is 6.21. The summed E-state index contributed by atoms with van der Waals surface area (Å²) in [6.07, 6.45) is 5.12. The van der Waals surface area contributed by atoms with Crippen molar-refractivity contribution in [1.82, 2.24) is 15.0 Å². The minimum atomic E-state index is 0.591. The molecule has 0 atom stereocenters. The first-order chi connectivity index (χ1) is 9.26. The largest absolute Gasteiger partial charge is 0.373 e. The number of aryl methyl sites for hydroxylation is 1. The van der Waals surface area contributed by atoms with Gasteiger partial charge < -0.3 is 5.32 Å². The Balaban J connectivity index is 2.01. The van der Waals surface area contributed by atoms with Crippen LogP contribution in [-0.2, 0) is 0 Å². The summed E-state index contributed by atoms with van der Waals surface area (Å²) in [6, 6.07) is 2.08. The van der Waals surface area contributed by atoms with Crippen LogP contribution in [0.5, 0.6) is 0 Å². The van der Waals surface area contributed by atoms with Crippen LogP contribution in [0.25, 0.3) is 11.5 Å². The van der Waals surface area contributed by atoms with Crippen molar-refractivity contribution < 1.29 is 0 Å². The van der Waals surface area contributed by atoms with Crippen LogP contribution < -0.4 is 5.32 Å². The van der Waals surface area contributed by atoms with Crippen LogP contribution in [0.2, 0.25) is 0 Å². The molecule has 1 fully saturated rings. The highest BCUT2D eigenvalue weighted by molar-refractivity contribution is 7.09. The highest BCUT2D eigenvalue weighted by atomic mass is 32.1. The third-order valence-corrected chi connectivity index (χ3v) is 4.40. The maximum Gasteiger partial charge on any atom is 0.181 e. The van der Waals surface area contributed by atoms with Crippen molar-refractivity contribution in [3.63, 3.8) is 0 Å². The summed E-state index contributed by atoms with van der Waals surface area (Å²) >= 11 is 1.64. The van der Waals surface area contributed by atoms with Crippen molar-refractivity contribution in [2.24, 2.45) is 0 Å². The maximum atomic E-state index is 4.74. The Morgan fingerprint density at radius 3 is 2.63 bits per heavy atom. The molecule has 0 amide bonds. The fourth-order valence-electron chi connectivity index (χ4n) is 2.61. The molecular weight excluding hydrogens is 256 g/mol. The van der Waals surface area contributed by atoms with Gasteiger partial charge in [0.05, 0.1) is 5.01 Å². The number of rotatable bonds is 3. The summed E-state index contributed by atoms with van der Waals surface area (Å²) in [4.78, 5) is 13.8. The van der Waals surface area contributed by atoms with Gasteiger partial charge in [0, 0.05) is 30.1 Å². The lowest BCUT2D eigenvalue weighted by molar-refractivity contribution is 0.695. The minimum Gasteiger partial charge on any atom is -0.373 e. The Morgan fingerprint density at radius 2 is 2.00 bits per heavy atom. The van der Waals surface area contributed by atoms with Gasteiger partial charge in [-0.1, -0.05) is 12.8 Å². The van der Waals surface area contributed by atoms with Gasteiger partial charge in [0.25, 0.3) is 0 Å². The Morgan fingerprint density at radius 1 is 1.21 bits per heavy atom. The predicted octanol–water partition coefficient (Wildman–Crippen LogP) is 3.61. The number of nitrogens with zero attached hydrogens (tertiary/aromatic N) is 3. The lowest BCUT2D eigenvalue weighted by Crippen LogP contribution is -2.04. The molecule has 1 aliphatic rings. The molecule has 0 aliphatic heterocycles. The van der Waals surface area contributed by atoms with Crippen LogP contribution in [0.1, 0.15) is 42.3 Å². The second-order valence-electron chi connectivity index (χ2n) is 4.98. The maximum absolute atomic E-state index is 4.74. The molecule has 0 saturated heterocycles. The third kappa shape index (κ3) is 2.61. The van der Waals surface area contributed by atoms with Gasteiger partial charge in [0.2, 0.25) is 0 Å². The molecule has 100 valence electrons. The zero-order valence-corrected chi connectivity index (χ0v) is 12.1. The van der Waals surface area contributed by atoms with E-state index in [-0.39, 0.29) is 0 Å². The van der Waals surface area contributed by atoms with E-state index in [2.05, 4.69) is 21.4 Å². The summed E-state index contributed by atoms with van der Waals surface area (Å²) in [5.41, 5.74) is 2.05. The van der Waals surface area contributed by atoms with Crippen molar-refractivity contribution in [2.45, 2.75) is 38.5 Å². The molecule has 2 aromatic rings. The van der Waals surface area contributed by atoms with Gasteiger partial charge in [-0.3, -0.25) is 0 Å². The number of thiazole rings is 1. The second-order valence-corrected chi connectivity index (χ2v) is 6.05. The normalized spacial score (nSPS) is 15.9. The first kappa shape index (κ1) is 12.5. The van der Waals surface area contributed by atoms with E-state index in [1.807, 2.05) is 19.4 Å². The average molecular weight is 274 g/mol. The number of anilines is 1. The van der Waals surface area contributed by atoms with Gasteiger partial charge >= 0.3 is 0 Å². The summed E-state index contributed by atoms with van der Waals surface area (Å²) in [6.45, 7) is 2.01. The van der Waals surface area contributed by atoms with Crippen LogP contribution in [0.4, 0.5) is 5.82 Å².